The second-order valence-electron chi connectivity index (χ2n) is 4.92. The summed E-state index contributed by atoms with van der Waals surface area (Å²) < 4.78 is 2.89. The van der Waals surface area contributed by atoms with Gasteiger partial charge in [-0.05, 0) is 28.6 Å². The number of nitrogens with one attached hydrogen (secondary N) is 1. The second kappa shape index (κ2) is 6.22. The van der Waals surface area contributed by atoms with Crippen molar-refractivity contribution in [3.63, 3.8) is 0 Å². The summed E-state index contributed by atoms with van der Waals surface area (Å²) in [7, 11) is 1.74. The number of aryl methyl sites for hydroxylation is 1. The maximum Gasteiger partial charge on any atom is 0.250 e. The summed E-state index contributed by atoms with van der Waals surface area (Å²) in [6, 6.07) is 11.9. The average Bonchev–Trinajstić information content (AvgIpc) is 2.96. The number of pyridine rings is 1. The zero-order valence-corrected chi connectivity index (χ0v) is 12.4. The summed E-state index contributed by atoms with van der Waals surface area (Å²) >= 11 is 0. The molecule has 0 radical (unpaired) electrons. The SMILES string of the molecule is Cn1nnnc1-c1cccc(NC(=O)Cn2ccccc2=O)c1. The van der Waals surface area contributed by atoms with Crippen molar-refractivity contribution in [1.82, 2.24) is 24.8 Å². The molecule has 0 bridgehead atoms. The molecule has 0 unspecified atom stereocenters. The molecule has 8 heteroatoms. The lowest BCUT2D eigenvalue weighted by Crippen LogP contribution is -2.26. The largest absolute Gasteiger partial charge is 0.325 e. The molecule has 0 fully saturated rings. The molecule has 23 heavy (non-hydrogen) atoms. The smallest absolute Gasteiger partial charge is 0.250 e. The van der Waals surface area contributed by atoms with Crippen molar-refractivity contribution in [3.8, 4) is 11.4 Å². The highest BCUT2D eigenvalue weighted by atomic mass is 16.2. The van der Waals surface area contributed by atoms with Crippen LogP contribution < -0.4 is 10.9 Å². The third-order valence-corrected chi connectivity index (χ3v) is 3.24. The maximum atomic E-state index is 12.1. The van der Waals surface area contributed by atoms with Crippen molar-refractivity contribution < 1.29 is 4.79 Å². The predicted octanol–water partition coefficient (Wildman–Crippen LogP) is 0.677. The van der Waals surface area contributed by atoms with Gasteiger partial charge in [0.25, 0.3) is 5.56 Å². The molecule has 0 atom stereocenters. The van der Waals surface area contributed by atoms with Crippen molar-refractivity contribution in [2.45, 2.75) is 6.54 Å². The molecule has 1 amide bonds. The first-order valence-electron chi connectivity index (χ1n) is 6.91. The number of benzene rings is 1. The summed E-state index contributed by atoms with van der Waals surface area (Å²) in [4.78, 5) is 23.7. The fourth-order valence-corrected chi connectivity index (χ4v) is 2.16. The van der Waals surface area contributed by atoms with Crippen molar-refractivity contribution in [3.05, 3.63) is 59.0 Å². The summed E-state index contributed by atoms with van der Waals surface area (Å²) in [6.45, 7) is -0.0462. The Morgan fingerprint density at radius 2 is 2.09 bits per heavy atom. The van der Waals surface area contributed by atoms with E-state index >= 15 is 0 Å². The van der Waals surface area contributed by atoms with E-state index in [2.05, 4.69) is 20.8 Å². The van der Waals surface area contributed by atoms with Crippen LogP contribution in [0.4, 0.5) is 5.69 Å². The standard InChI is InChI=1S/C15H14N6O2/c1-20-15(17-18-19-20)11-5-4-6-12(9-11)16-13(22)10-21-8-3-2-7-14(21)23/h2-9H,10H2,1H3,(H,16,22). The van der Waals surface area contributed by atoms with E-state index in [1.807, 2.05) is 6.07 Å². The molecule has 0 aliphatic heterocycles. The van der Waals surface area contributed by atoms with Gasteiger partial charge in [-0.3, -0.25) is 9.59 Å². The monoisotopic (exact) mass is 310 g/mol. The number of hydrogen-bond acceptors (Lipinski definition) is 5. The van der Waals surface area contributed by atoms with Crippen molar-refractivity contribution in [1.29, 1.82) is 0 Å². The van der Waals surface area contributed by atoms with Crippen LogP contribution >= 0.6 is 0 Å². The number of tetrazole rings is 1. The van der Waals surface area contributed by atoms with E-state index in [-0.39, 0.29) is 18.0 Å². The van der Waals surface area contributed by atoms with Gasteiger partial charge in [0.15, 0.2) is 5.82 Å². The minimum Gasteiger partial charge on any atom is -0.325 e. The van der Waals surface area contributed by atoms with Crippen LogP contribution in [0.25, 0.3) is 11.4 Å². The van der Waals surface area contributed by atoms with Gasteiger partial charge in [-0.1, -0.05) is 18.2 Å². The van der Waals surface area contributed by atoms with Gasteiger partial charge in [-0.2, -0.15) is 0 Å². The first-order chi connectivity index (χ1) is 11.1. The fourth-order valence-electron chi connectivity index (χ4n) is 2.16. The summed E-state index contributed by atoms with van der Waals surface area (Å²) in [5.41, 5.74) is 1.17. The number of rotatable bonds is 4. The lowest BCUT2D eigenvalue weighted by atomic mass is 10.2. The lowest BCUT2D eigenvalue weighted by Gasteiger charge is -2.08. The molecule has 0 saturated carbocycles. The lowest BCUT2D eigenvalue weighted by molar-refractivity contribution is -0.116. The molecule has 1 N–H and O–H groups in total. The fraction of sp³-hybridized carbons (Fsp3) is 0.133. The molecule has 8 nitrogen and oxygen atoms in total. The number of hydrogen-bond donors (Lipinski definition) is 1. The van der Waals surface area contributed by atoms with Crippen molar-refractivity contribution in [2.24, 2.45) is 7.05 Å². The van der Waals surface area contributed by atoms with Crippen LogP contribution in [0.1, 0.15) is 0 Å². The van der Waals surface area contributed by atoms with E-state index < -0.39 is 0 Å². The maximum absolute atomic E-state index is 12.1. The number of anilines is 1. The van der Waals surface area contributed by atoms with Gasteiger partial charge < -0.3 is 9.88 Å². The van der Waals surface area contributed by atoms with Gasteiger partial charge in [0.2, 0.25) is 5.91 Å². The van der Waals surface area contributed by atoms with Crippen LogP contribution in [0.5, 0.6) is 0 Å². The molecule has 0 saturated heterocycles. The van der Waals surface area contributed by atoms with Crippen LogP contribution in [0.15, 0.2) is 53.5 Å². The number of carbonyl (C=O) groups is 1. The molecule has 2 aromatic heterocycles. The van der Waals surface area contributed by atoms with E-state index in [1.165, 1.54) is 10.6 Å². The quantitative estimate of drug-likeness (QED) is 0.764. The Balaban J connectivity index is 1.76. The summed E-state index contributed by atoms with van der Waals surface area (Å²) in [5.74, 6) is 0.312. The first kappa shape index (κ1) is 14.6. The van der Waals surface area contributed by atoms with Crippen LogP contribution in [0.2, 0.25) is 0 Å². The predicted molar refractivity (Wildman–Crippen MR) is 83.6 cm³/mol. The number of carbonyl (C=O) groups excluding carboxylic acids is 1. The van der Waals surface area contributed by atoms with E-state index in [0.29, 0.717) is 11.5 Å². The van der Waals surface area contributed by atoms with Gasteiger partial charge in [0.1, 0.15) is 6.54 Å². The minimum absolute atomic E-state index is 0.0462. The van der Waals surface area contributed by atoms with Crippen LogP contribution in [-0.2, 0) is 18.4 Å². The third kappa shape index (κ3) is 3.31. The Kier molecular flexibility index (Phi) is 3.96. The zero-order chi connectivity index (χ0) is 16.2. The molecule has 1 aromatic carbocycles. The topological polar surface area (TPSA) is 94.7 Å². The normalized spacial score (nSPS) is 10.5. The summed E-state index contributed by atoms with van der Waals surface area (Å²) in [5, 5.41) is 14.1. The minimum atomic E-state index is -0.286. The van der Waals surface area contributed by atoms with Gasteiger partial charge in [-0.25, -0.2) is 4.68 Å². The van der Waals surface area contributed by atoms with E-state index in [0.717, 1.165) is 5.56 Å². The highest BCUT2D eigenvalue weighted by Crippen LogP contribution is 2.19. The van der Waals surface area contributed by atoms with Gasteiger partial charge in [0, 0.05) is 30.6 Å². The third-order valence-electron chi connectivity index (χ3n) is 3.24. The van der Waals surface area contributed by atoms with Gasteiger partial charge in [0.05, 0.1) is 0 Å². The molecule has 3 rings (SSSR count). The molecule has 3 aromatic rings. The Labute approximate surface area is 131 Å². The second-order valence-corrected chi connectivity index (χ2v) is 4.92. The zero-order valence-electron chi connectivity index (χ0n) is 12.4. The van der Waals surface area contributed by atoms with Gasteiger partial charge >= 0.3 is 0 Å². The van der Waals surface area contributed by atoms with Crippen molar-refractivity contribution in [2.75, 3.05) is 5.32 Å². The number of nitrogens with zero attached hydrogens (tertiary/aromatic N) is 5. The van der Waals surface area contributed by atoms with E-state index in [4.69, 9.17) is 0 Å². The van der Waals surface area contributed by atoms with Crippen LogP contribution in [0, 0.1) is 0 Å². The Morgan fingerprint density at radius 1 is 1.22 bits per heavy atom. The molecular formula is C15H14N6O2. The Morgan fingerprint density at radius 3 is 2.83 bits per heavy atom. The first-order valence-corrected chi connectivity index (χ1v) is 6.91. The number of amides is 1. The highest BCUT2D eigenvalue weighted by Gasteiger charge is 2.08. The van der Waals surface area contributed by atoms with E-state index in [9.17, 15) is 9.59 Å². The molecule has 0 spiro atoms. The Bertz CT molecular complexity index is 898. The number of aromatic nitrogens is 5. The van der Waals surface area contributed by atoms with Crippen molar-refractivity contribution >= 4 is 11.6 Å². The molecule has 0 aliphatic carbocycles. The average molecular weight is 310 g/mol. The molecule has 116 valence electrons. The Hall–Kier alpha value is -3.29. The van der Waals surface area contributed by atoms with E-state index in [1.54, 1.807) is 48.3 Å². The molecule has 0 aliphatic rings. The van der Waals surface area contributed by atoms with Crippen LogP contribution in [0.3, 0.4) is 0 Å². The van der Waals surface area contributed by atoms with Crippen LogP contribution in [-0.4, -0.2) is 30.7 Å². The molecular weight excluding hydrogens is 296 g/mol. The highest BCUT2D eigenvalue weighted by molar-refractivity contribution is 5.91. The van der Waals surface area contributed by atoms with Gasteiger partial charge in [-0.15, -0.1) is 5.10 Å². The summed E-state index contributed by atoms with van der Waals surface area (Å²) in [6.07, 6.45) is 1.57. The molecule has 2 heterocycles.